The van der Waals surface area contributed by atoms with Gasteiger partial charge in [-0.2, -0.15) is 10.5 Å². The van der Waals surface area contributed by atoms with E-state index < -0.39 is 0 Å². The van der Waals surface area contributed by atoms with Crippen LogP contribution in [0.25, 0.3) is 11.6 Å². The lowest BCUT2D eigenvalue weighted by Gasteiger charge is -2.00. The van der Waals surface area contributed by atoms with E-state index in [0.717, 1.165) is 11.1 Å². The monoisotopic (exact) mass is 264 g/mol. The number of hydrogen-bond donors (Lipinski definition) is 0. The Balaban J connectivity index is 2.39. The topological polar surface area (TPSA) is 47.6 Å². The number of rotatable bonds is 2. The third kappa shape index (κ3) is 3.22. The van der Waals surface area contributed by atoms with E-state index in [1.807, 2.05) is 12.1 Å². The van der Waals surface area contributed by atoms with E-state index in [-0.39, 0.29) is 0 Å². The van der Waals surface area contributed by atoms with E-state index in [2.05, 4.69) is 12.1 Å². The van der Waals surface area contributed by atoms with Crippen LogP contribution in [0.4, 0.5) is 0 Å². The smallest absolute Gasteiger partial charge is 0.0998 e. The molecule has 0 aliphatic carbocycles. The normalized spacial score (nSPS) is 10.6. The van der Waals surface area contributed by atoms with Crippen LogP contribution in [0.1, 0.15) is 16.7 Å². The van der Waals surface area contributed by atoms with Crippen molar-refractivity contribution in [1.82, 2.24) is 0 Å². The Morgan fingerprint density at radius 3 is 2.37 bits per heavy atom. The third-order valence-electron chi connectivity index (χ3n) is 2.61. The van der Waals surface area contributed by atoms with Crippen LogP contribution in [0.15, 0.2) is 48.5 Å². The fraction of sp³-hybridized carbons (Fsp3) is 0. The van der Waals surface area contributed by atoms with Gasteiger partial charge in [0.15, 0.2) is 0 Å². The molecule has 0 N–H and O–H groups in total. The van der Waals surface area contributed by atoms with Gasteiger partial charge >= 0.3 is 0 Å². The van der Waals surface area contributed by atoms with Crippen LogP contribution < -0.4 is 0 Å². The first kappa shape index (κ1) is 12.9. The number of nitrogens with zero attached hydrogens (tertiary/aromatic N) is 2. The van der Waals surface area contributed by atoms with Gasteiger partial charge in [-0.1, -0.05) is 35.9 Å². The van der Waals surface area contributed by atoms with E-state index in [1.54, 1.807) is 42.5 Å². The van der Waals surface area contributed by atoms with E-state index >= 15 is 0 Å². The Bertz CT molecular complexity index is 701. The van der Waals surface area contributed by atoms with E-state index in [4.69, 9.17) is 16.9 Å². The van der Waals surface area contributed by atoms with Crippen LogP contribution >= 0.6 is 11.6 Å². The minimum atomic E-state index is 0.534. The molecule has 3 heteroatoms. The number of nitriles is 2. The summed E-state index contributed by atoms with van der Waals surface area (Å²) in [5.41, 5.74) is 2.78. The van der Waals surface area contributed by atoms with Crippen molar-refractivity contribution >= 4 is 23.3 Å². The molecule has 0 aliphatic rings. The zero-order valence-corrected chi connectivity index (χ0v) is 10.7. The molecule has 0 aliphatic heterocycles. The van der Waals surface area contributed by atoms with Gasteiger partial charge in [0.2, 0.25) is 0 Å². The van der Waals surface area contributed by atoms with Gasteiger partial charge < -0.3 is 0 Å². The minimum absolute atomic E-state index is 0.534. The van der Waals surface area contributed by atoms with Gasteiger partial charge in [-0.25, -0.2) is 0 Å². The van der Waals surface area contributed by atoms with Crippen LogP contribution in [-0.2, 0) is 0 Å². The summed E-state index contributed by atoms with van der Waals surface area (Å²) in [6.45, 7) is 0. The summed E-state index contributed by atoms with van der Waals surface area (Å²) in [6.07, 6.45) is 1.77. The molecule has 0 saturated heterocycles. The highest BCUT2D eigenvalue weighted by atomic mass is 35.5. The van der Waals surface area contributed by atoms with Gasteiger partial charge in [-0.15, -0.1) is 0 Å². The number of benzene rings is 2. The Hall–Kier alpha value is -2.55. The van der Waals surface area contributed by atoms with E-state index in [1.165, 1.54) is 0 Å². The van der Waals surface area contributed by atoms with Crippen LogP contribution in [0, 0.1) is 22.7 Å². The summed E-state index contributed by atoms with van der Waals surface area (Å²) in [7, 11) is 0. The first-order valence-corrected chi connectivity index (χ1v) is 5.98. The first-order chi connectivity index (χ1) is 9.22. The highest BCUT2D eigenvalue weighted by Gasteiger charge is 2.01. The molecule has 0 spiro atoms. The SMILES string of the molecule is N#C/C(=C/c1ccc(C#N)cc1)c1cccc(Cl)c1. The molecule has 0 bridgehead atoms. The molecule has 19 heavy (non-hydrogen) atoms. The summed E-state index contributed by atoms with van der Waals surface area (Å²) >= 11 is 5.92. The molecule has 0 fully saturated rings. The summed E-state index contributed by atoms with van der Waals surface area (Å²) in [6, 6.07) is 18.4. The van der Waals surface area contributed by atoms with Crippen molar-refractivity contribution in [2.75, 3.05) is 0 Å². The average Bonchev–Trinajstić information content (AvgIpc) is 2.45. The Morgan fingerprint density at radius 1 is 1.05 bits per heavy atom. The zero-order valence-electron chi connectivity index (χ0n) is 9.97. The molecule has 90 valence electrons. The fourth-order valence-electron chi connectivity index (χ4n) is 1.66. The van der Waals surface area contributed by atoms with Crippen molar-refractivity contribution in [3.63, 3.8) is 0 Å². The molecule has 0 aromatic heterocycles. The molecule has 2 aromatic rings. The molecule has 2 nitrogen and oxygen atoms in total. The highest BCUT2D eigenvalue weighted by molar-refractivity contribution is 6.30. The lowest BCUT2D eigenvalue weighted by molar-refractivity contribution is 1.48. The molecule has 2 rings (SSSR count). The second kappa shape index (κ2) is 5.87. The lowest BCUT2D eigenvalue weighted by Crippen LogP contribution is -1.82. The van der Waals surface area contributed by atoms with Crippen molar-refractivity contribution in [1.29, 1.82) is 10.5 Å². The summed E-state index contributed by atoms with van der Waals surface area (Å²) in [5.74, 6) is 0. The highest BCUT2D eigenvalue weighted by Crippen LogP contribution is 2.21. The number of allylic oxidation sites excluding steroid dienone is 1. The molecular weight excluding hydrogens is 256 g/mol. The van der Waals surface area contributed by atoms with Crippen LogP contribution in [0.5, 0.6) is 0 Å². The second-order valence-corrected chi connectivity index (χ2v) is 4.35. The third-order valence-corrected chi connectivity index (χ3v) is 2.84. The first-order valence-electron chi connectivity index (χ1n) is 5.61. The molecule has 0 radical (unpaired) electrons. The van der Waals surface area contributed by atoms with Crippen molar-refractivity contribution in [2.24, 2.45) is 0 Å². The van der Waals surface area contributed by atoms with Gasteiger partial charge in [0.1, 0.15) is 0 Å². The van der Waals surface area contributed by atoms with Crippen molar-refractivity contribution in [3.05, 3.63) is 70.2 Å². The van der Waals surface area contributed by atoms with Crippen LogP contribution in [-0.4, -0.2) is 0 Å². The molecule has 2 aromatic carbocycles. The summed E-state index contributed by atoms with van der Waals surface area (Å²) in [5, 5.41) is 18.5. The quantitative estimate of drug-likeness (QED) is 0.600. The predicted molar refractivity (Wildman–Crippen MR) is 76.1 cm³/mol. The molecule has 0 heterocycles. The molecular formula is C16H9ClN2. The van der Waals surface area contributed by atoms with E-state index in [9.17, 15) is 5.26 Å². The maximum atomic E-state index is 9.22. The largest absolute Gasteiger partial charge is 0.192 e. The zero-order chi connectivity index (χ0) is 13.7. The Morgan fingerprint density at radius 2 is 1.79 bits per heavy atom. The van der Waals surface area contributed by atoms with Gasteiger partial charge in [0.25, 0.3) is 0 Å². The van der Waals surface area contributed by atoms with Gasteiger partial charge in [-0.3, -0.25) is 0 Å². The van der Waals surface area contributed by atoms with Gasteiger partial charge in [-0.05, 0) is 41.5 Å². The maximum absolute atomic E-state index is 9.22. The molecule has 0 atom stereocenters. The summed E-state index contributed by atoms with van der Waals surface area (Å²) in [4.78, 5) is 0. The maximum Gasteiger partial charge on any atom is 0.0998 e. The minimum Gasteiger partial charge on any atom is -0.192 e. The second-order valence-electron chi connectivity index (χ2n) is 3.91. The number of halogens is 1. The van der Waals surface area contributed by atoms with Crippen molar-refractivity contribution in [2.45, 2.75) is 0 Å². The Labute approximate surface area is 116 Å². The van der Waals surface area contributed by atoms with Gasteiger partial charge in [0, 0.05) is 5.02 Å². The van der Waals surface area contributed by atoms with Crippen LogP contribution in [0.3, 0.4) is 0 Å². The average molecular weight is 265 g/mol. The molecule has 0 saturated carbocycles. The van der Waals surface area contributed by atoms with Crippen molar-refractivity contribution < 1.29 is 0 Å². The molecule has 0 unspecified atom stereocenters. The predicted octanol–water partition coefficient (Wildman–Crippen LogP) is 4.28. The van der Waals surface area contributed by atoms with Crippen molar-refractivity contribution in [3.8, 4) is 12.1 Å². The van der Waals surface area contributed by atoms with E-state index in [0.29, 0.717) is 16.2 Å². The standard InChI is InChI=1S/C16H9ClN2/c17-16-3-1-2-14(9-16)15(11-19)8-12-4-6-13(10-18)7-5-12/h1-9H/b15-8-. The molecule has 0 amide bonds. The lowest BCUT2D eigenvalue weighted by atomic mass is 10.0. The number of hydrogen-bond acceptors (Lipinski definition) is 2. The summed E-state index contributed by atoms with van der Waals surface area (Å²) < 4.78 is 0. The fourth-order valence-corrected chi connectivity index (χ4v) is 1.85. The van der Waals surface area contributed by atoms with Gasteiger partial charge in [0.05, 0.1) is 23.3 Å². The van der Waals surface area contributed by atoms with Crippen LogP contribution in [0.2, 0.25) is 5.02 Å². The Kier molecular flexibility index (Phi) is 3.98.